The highest BCUT2D eigenvalue weighted by Crippen LogP contribution is 2.14. The predicted octanol–water partition coefficient (Wildman–Crippen LogP) is 3.31. The molecule has 1 atom stereocenters. The quantitative estimate of drug-likeness (QED) is 0.727. The van der Waals surface area contributed by atoms with Gasteiger partial charge in [-0.2, -0.15) is 0 Å². The summed E-state index contributed by atoms with van der Waals surface area (Å²) in [6.07, 6.45) is 2.60. The molecule has 0 aliphatic rings. The highest BCUT2D eigenvalue weighted by Gasteiger charge is 2.10. The van der Waals surface area contributed by atoms with Crippen LogP contribution in [0.2, 0.25) is 0 Å². The van der Waals surface area contributed by atoms with Crippen LogP contribution in [0.3, 0.4) is 0 Å². The van der Waals surface area contributed by atoms with Crippen LogP contribution in [0.4, 0.5) is 4.39 Å². The van der Waals surface area contributed by atoms with Crippen molar-refractivity contribution in [2.45, 2.75) is 32.2 Å². The van der Waals surface area contributed by atoms with Crippen LogP contribution in [0.1, 0.15) is 25.3 Å². The molecule has 1 aromatic carbocycles. The molecule has 1 unspecified atom stereocenters. The first-order valence-electron chi connectivity index (χ1n) is 5.74. The van der Waals surface area contributed by atoms with Crippen molar-refractivity contribution in [3.05, 3.63) is 47.8 Å². The number of nitrogens with one attached hydrogen (secondary N) is 1. The van der Waals surface area contributed by atoms with Crippen LogP contribution in [-0.2, 0) is 6.42 Å². The Bertz CT molecular complexity index is 346. The van der Waals surface area contributed by atoms with Gasteiger partial charge in [-0.15, -0.1) is 0 Å². The van der Waals surface area contributed by atoms with E-state index in [1.54, 1.807) is 6.07 Å². The summed E-state index contributed by atoms with van der Waals surface area (Å²) in [5, 5.41) is 3.22. The summed E-state index contributed by atoms with van der Waals surface area (Å²) in [4.78, 5) is 0. The van der Waals surface area contributed by atoms with Gasteiger partial charge < -0.3 is 5.32 Å². The van der Waals surface area contributed by atoms with Gasteiger partial charge in [-0.05, 0) is 37.9 Å². The molecule has 1 N–H and O–H groups in total. The number of rotatable bonds is 6. The van der Waals surface area contributed by atoms with E-state index < -0.39 is 0 Å². The maximum atomic E-state index is 13.5. The molecule has 0 aromatic heterocycles. The monoisotopic (exact) mass is 221 g/mol. The number of benzene rings is 1. The van der Waals surface area contributed by atoms with Gasteiger partial charge >= 0.3 is 0 Å². The zero-order chi connectivity index (χ0) is 12.0. The number of hydrogen-bond donors (Lipinski definition) is 1. The highest BCUT2D eigenvalue weighted by molar-refractivity contribution is 5.19. The summed E-state index contributed by atoms with van der Waals surface area (Å²) in [6.45, 7) is 6.09. The van der Waals surface area contributed by atoms with Gasteiger partial charge in [-0.3, -0.25) is 0 Å². The molecule has 0 saturated heterocycles. The summed E-state index contributed by atoms with van der Waals surface area (Å²) in [6, 6.07) is 7.22. The molecule has 0 radical (unpaired) electrons. The Balaban J connectivity index is 2.63. The SMILES string of the molecule is C=C(CC)CC(Cc1ccccc1F)NC. The predicted molar refractivity (Wildman–Crippen MR) is 67.0 cm³/mol. The second kappa shape index (κ2) is 6.44. The van der Waals surface area contributed by atoms with Crippen molar-refractivity contribution < 1.29 is 4.39 Å². The summed E-state index contributed by atoms with van der Waals surface area (Å²) >= 11 is 0. The van der Waals surface area contributed by atoms with Crippen LogP contribution < -0.4 is 5.32 Å². The lowest BCUT2D eigenvalue weighted by Crippen LogP contribution is -2.28. The standard InChI is InChI=1S/C14H20FN/c1-4-11(2)9-13(16-3)10-12-7-5-6-8-14(12)15/h5-8,13,16H,2,4,9-10H2,1,3H3. The van der Waals surface area contributed by atoms with Gasteiger partial charge in [-0.1, -0.05) is 37.3 Å². The van der Waals surface area contributed by atoms with E-state index in [4.69, 9.17) is 0 Å². The molecular formula is C14H20FN. The fourth-order valence-corrected chi connectivity index (χ4v) is 1.70. The zero-order valence-corrected chi connectivity index (χ0v) is 10.1. The molecule has 0 heterocycles. The van der Waals surface area contributed by atoms with Crippen LogP contribution in [0.5, 0.6) is 0 Å². The lowest BCUT2D eigenvalue weighted by molar-refractivity contribution is 0.527. The second-order valence-electron chi connectivity index (χ2n) is 4.09. The number of hydrogen-bond acceptors (Lipinski definition) is 1. The molecule has 0 amide bonds. The highest BCUT2D eigenvalue weighted by atomic mass is 19.1. The third kappa shape index (κ3) is 3.78. The van der Waals surface area contributed by atoms with E-state index in [-0.39, 0.29) is 11.9 Å². The van der Waals surface area contributed by atoms with E-state index in [1.807, 2.05) is 19.2 Å². The molecule has 0 aliphatic heterocycles. The van der Waals surface area contributed by atoms with Crippen LogP contribution in [0.15, 0.2) is 36.4 Å². The summed E-state index contributed by atoms with van der Waals surface area (Å²) in [5.41, 5.74) is 1.97. The topological polar surface area (TPSA) is 12.0 Å². The maximum absolute atomic E-state index is 13.5. The zero-order valence-electron chi connectivity index (χ0n) is 10.1. The van der Waals surface area contributed by atoms with E-state index >= 15 is 0 Å². The van der Waals surface area contributed by atoms with Crippen LogP contribution >= 0.6 is 0 Å². The lowest BCUT2D eigenvalue weighted by atomic mass is 9.98. The van der Waals surface area contributed by atoms with Gasteiger partial charge in [0.25, 0.3) is 0 Å². The summed E-state index contributed by atoms with van der Waals surface area (Å²) in [5.74, 6) is -0.120. The largest absolute Gasteiger partial charge is 0.316 e. The van der Waals surface area contributed by atoms with Crippen molar-refractivity contribution in [1.29, 1.82) is 0 Å². The third-order valence-corrected chi connectivity index (χ3v) is 2.87. The molecule has 0 saturated carbocycles. The normalized spacial score (nSPS) is 12.4. The molecule has 16 heavy (non-hydrogen) atoms. The van der Waals surface area contributed by atoms with E-state index in [1.165, 1.54) is 11.6 Å². The fourth-order valence-electron chi connectivity index (χ4n) is 1.70. The molecule has 0 fully saturated rings. The first-order valence-corrected chi connectivity index (χ1v) is 5.74. The Morgan fingerprint density at radius 2 is 2.12 bits per heavy atom. The molecule has 2 heteroatoms. The Morgan fingerprint density at radius 1 is 1.44 bits per heavy atom. The first-order chi connectivity index (χ1) is 7.67. The van der Waals surface area contributed by atoms with Gasteiger partial charge in [0.2, 0.25) is 0 Å². The van der Waals surface area contributed by atoms with Crippen LogP contribution in [0, 0.1) is 5.82 Å². The van der Waals surface area contributed by atoms with Crippen molar-refractivity contribution in [1.82, 2.24) is 5.32 Å². The van der Waals surface area contributed by atoms with E-state index in [0.29, 0.717) is 6.42 Å². The minimum absolute atomic E-state index is 0.120. The van der Waals surface area contributed by atoms with Crippen LogP contribution in [-0.4, -0.2) is 13.1 Å². The van der Waals surface area contributed by atoms with Crippen molar-refractivity contribution >= 4 is 0 Å². The van der Waals surface area contributed by atoms with Crippen molar-refractivity contribution in [3.8, 4) is 0 Å². The molecular weight excluding hydrogens is 201 g/mol. The molecule has 88 valence electrons. The van der Waals surface area contributed by atoms with Gasteiger partial charge in [0, 0.05) is 6.04 Å². The second-order valence-corrected chi connectivity index (χ2v) is 4.09. The average Bonchev–Trinajstić information content (AvgIpc) is 2.30. The van der Waals surface area contributed by atoms with Crippen LogP contribution in [0.25, 0.3) is 0 Å². The first kappa shape index (κ1) is 12.9. The summed E-state index contributed by atoms with van der Waals surface area (Å²) in [7, 11) is 1.91. The van der Waals surface area contributed by atoms with Gasteiger partial charge in [-0.25, -0.2) is 4.39 Å². The van der Waals surface area contributed by atoms with Crippen molar-refractivity contribution in [3.63, 3.8) is 0 Å². The Morgan fingerprint density at radius 3 is 2.69 bits per heavy atom. The van der Waals surface area contributed by atoms with Gasteiger partial charge in [0.1, 0.15) is 5.82 Å². The van der Waals surface area contributed by atoms with E-state index in [9.17, 15) is 4.39 Å². The molecule has 1 nitrogen and oxygen atoms in total. The Hall–Kier alpha value is -1.15. The van der Waals surface area contributed by atoms with E-state index in [2.05, 4.69) is 18.8 Å². The van der Waals surface area contributed by atoms with E-state index in [0.717, 1.165) is 18.4 Å². The Kier molecular flexibility index (Phi) is 5.20. The molecule has 0 spiro atoms. The fraction of sp³-hybridized carbons (Fsp3) is 0.429. The van der Waals surface area contributed by atoms with Gasteiger partial charge in [0.05, 0.1) is 0 Å². The average molecular weight is 221 g/mol. The smallest absolute Gasteiger partial charge is 0.126 e. The lowest BCUT2D eigenvalue weighted by Gasteiger charge is -2.17. The maximum Gasteiger partial charge on any atom is 0.126 e. The number of likely N-dealkylation sites (N-methyl/N-ethyl adjacent to an activating group) is 1. The Labute approximate surface area is 97.4 Å². The van der Waals surface area contributed by atoms with Crippen molar-refractivity contribution in [2.24, 2.45) is 0 Å². The molecule has 1 rings (SSSR count). The van der Waals surface area contributed by atoms with Crippen molar-refractivity contribution in [2.75, 3.05) is 7.05 Å². The molecule has 0 bridgehead atoms. The molecule has 0 aliphatic carbocycles. The third-order valence-electron chi connectivity index (χ3n) is 2.87. The van der Waals surface area contributed by atoms with Gasteiger partial charge in [0.15, 0.2) is 0 Å². The minimum Gasteiger partial charge on any atom is -0.316 e. The summed E-state index contributed by atoms with van der Waals surface area (Å²) < 4.78 is 13.5. The number of halogens is 1. The molecule has 1 aromatic rings. The minimum atomic E-state index is -0.120.